The maximum absolute atomic E-state index is 12.3. The summed E-state index contributed by atoms with van der Waals surface area (Å²) < 4.78 is 0.950. The van der Waals surface area contributed by atoms with E-state index in [-0.39, 0.29) is 12.5 Å². The van der Waals surface area contributed by atoms with Crippen LogP contribution in [0.1, 0.15) is 10.4 Å². The zero-order valence-corrected chi connectivity index (χ0v) is 13.1. The number of amides is 1. The second-order valence-electron chi connectivity index (χ2n) is 4.43. The zero-order valence-electron chi connectivity index (χ0n) is 11.0. The first-order valence-corrected chi connectivity index (χ1v) is 6.89. The number of aliphatic carboxylic acids is 1. The average molecular weight is 376 g/mol. The standard InChI is InChI=1S/C13H17IN2O3/c1-15(2)6-7-16(9-12(17)18)13(19)10-4-3-5-11(14)8-10/h3-5,8H,6-7,9H2,1-2H3,(H,17,18). The smallest absolute Gasteiger partial charge is 0.323 e. The molecule has 0 heterocycles. The molecule has 104 valence electrons. The molecule has 1 N–H and O–H groups in total. The summed E-state index contributed by atoms with van der Waals surface area (Å²) in [5.41, 5.74) is 0.520. The summed E-state index contributed by atoms with van der Waals surface area (Å²) >= 11 is 2.12. The van der Waals surface area contributed by atoms with Gasteiger partial charge in [0, 0.05) is 22.2 Å². The Bertz CT molecular complexity index is 463. The lowest BCUT2D eigenvalue weighted by Crippen LogP contribution is -2.40. The van der Waals surface area contributed by atoms with Gasteiger partial charge in [0.15, 0.2) is 0 Å². The van der Waals surface area contributed by atoms with Crippen LogP contribution in [0.5, 0.6) is 0 Å². The van der Waals surface area contributed by atoms with Crippen LogP contribution >= 0.6 is 22.6 Å². The number of halogens is 1. The van der Waals surface area contributed by atoms with Crippen LogP contribution < -0.4 is 0 Å². The minimum Gasteiger partial charge on any atom is -0.480 e. The molecular weight excluding hydrogens is 359 g/mol. The van der Waals surface area contributed by atoms with Gasteiger partial charge in [-0.2, -0.15) is 0 Å². The number of benzene rings is 1. The van der Waals surface area contributed by atoms with Crippen molar-refractivity contribution in [1.82, 2.24) is 9.80 Å². The highest BCUT2D eigenvalue weighted by molar-refractivity contribution is 14.1. The van der Waals surface area contributed by atoms with Crippen molar-refractivity contribution >= 4 is 34.5 Å². The molecule has 6 heteroatoms. The van der Waals surface area contributed by atoms with Crippen molar-refractivity contribution in [3.05, 3.63) is 33.4 Å². The molecule has 0 aliphatic heterocycles. The van der Waals surface area contributed by atoms with Crippen molar-refractivity contribution in [3.8, 4) is 0 Å². The third-order valence-electron chi connectivity index (χ3n) is 2.50. The third kappa shape index (κ3) is 5.56. The van der Waals surface area contributed by atoms with Gasteiger partial charge in [0.05, 0.1) is 0 Å². The predicted octanol–water partition coefficient (Wildman–Crippen LogP) is 1.38. The molecule has 1 aromatic carbocycles. The first kappa shape index (κ1) is 15.9. The van der Waals surface area contributed by atoms with Crippen molar-refractivity contribution in [2.45, 2.75) is 0 Å². The Labute approximate surface area is 126 Å². The first-order chi connectivity index (χ1) is 8.90. The fraction of sp³-hybridized carbons (Fsp3) is 0.385. The normalized spacial score (nSPS) is 10.5. The number of hydrogen-bond acceptors (Lipinski definition) is 3. The molecule has 0 bridgehead atoms. The van der Waals surface area contributed by atoms with E-state index in [0.29, 0.717) is 18.7 Å². The van der Waals surface area contributed by atoms with Crippen LogP contribution in [-0.4, -0.2) is 60.5 Å². The molecule has 0 radical (unpaired) electrons. The Balaban J connectivity index is 2.83. The summed E-state index contributed by atoms with van der Waals surface area (Å²) in [4.78, 5) is 26.4. The number of likely N-dealkylation sites (N-methyl/N-ethyl adjacent to an activating group) is 1. The number of rotatable bonds is 6. The quantitative estimate of drug-likeness (QED) is 0.763. The summed E-state index contributed by atoms with van der Waals surface area (Å²) in [5, 5.41) is 8.89. The van der Waals surface area contributed by atoms with E-state index in [0.717, 1.165) is 3.57 Å². The highest BCUT2D eigenvalue weighted by atomic mass is 127. The fourth-order valence-corrected chi connectivity index (χ4v) is 2.08. The molecule has 5 nitrogen and oxygen atoms in total. The summed E-state index contributed by atoms with van der Waals surface area (Å²) in [7, 11) is 3.77. The summed E-state index contributed by atoms with van der Waals surface area (Å²) in [6, 6.07) is 7.14. The van der Waals surface area contributed by atoms with E-state index in [9.17, 15) is 9.59 Å². The molecular formula is C13H17IN2O3. The van der Waals surface area contributed by atoms with Gasteiger partial charge in [-0.25, -0.2) is 0 Å². The van der Waals surface area contributed by atoms with Crippen LogP contribution in [0.15, 0.2) is 24.3 Å². The molecule has 0 fully saturated rings. The highest BCUT2D eigenvalue weighted by Gasteiger charge is 2.18. The average Bonchev–Trinajstić information content (AvgIpc) is 2.33. The van der Waals surface area contributed by atoms with Crippen LogP contribution in [-0.2, 0) is 4.79 Å². The lowest BCUT2D eigenvalue weighted by atomic mass is 10.2. The number of carbonyl (C=O) groups excluding carboxylic acids is 1. The third-order valence-corrected chi connectivity index (χ3v) is 3.17. The molecule has 0 spiro atoms. The van der Waals surface area contributed by atoms with Crippen LogP contribution in [0.2, 0.25) is 0 Å². The minimum atomic E-state index is -1.00. The second kappa shape index (κ2) is 7.44. The largest absolute Gasteiger partial charge is 0.480 e. The SMILES string of the molecule is CN(C)CCN(CC(=O)O)C(=O)c1cccc(I)c1. The summed E-state index contributed by atoms with van der Waals surface area (Å²) in [6.07, 6.45) is 0. The molecule has 19 heavy (non-hydrogen) atoms. The van der Waals surface area contributed by atoms with Crippen molar-refractivity contribution in [2.75, 3.05) is 33.7 Å². The summed E-state index contributed by atoms with van der Waals surface area (Å²) in [6.45, 7) is 0.741. The van der Waals surface area contributed by atoms with Gasteiger partial charge in [-0.1, -0.05) is 6.07 Å². The monoisotopic (exact) mass is 376 g/mol. The topological polar surface area (TPSA) is 60.9 Å². The van der Waals surface area contributed by atoms with Crippen LogP contribution in [0.4, 0.5) is 0 Å². The molecule has 0 saturated carbocycles. The van der Waals surface area contributed by atoms with Crippen molar-refractivity contribution in [2.24, 2.45) is 0 Å². The molecule has 0 unspecified atom stereocenters. The number of nitrogens with zero attached hydrogens (tertiary/aromatic N) is 2. The second-order valence-corrected chi connectivity index (χ2v) is 5.68. The Hall–Kier alpha value is -1.15. The van der Waals surface area contributed by atoms with E-state index in [4.69, 9.17) is 5.11 Å². The van der Waals surface area contributed by atoms with E-state index in [1.165, 1.54) is 4.90 Å². The Morgan fingerprint density at radius 1 is 1.26 bits per heavy atom. The van der Waals surface area contributed by atoms with E-state index in [1.807, 2.05) is 25.1 Å². The zero-order chi connectivity index (χ0) is 14.4. The lowest BCUT2D eigenvalue weighted by Gasteiger charge is -2.22. The van der Waals surface area contributed by atoms with Crippen LogP contribution in [0, 0.1) is 3.57 Å². The van der Waals surface area contributed by atoms with Gasteiger partial charge >= 0.3 is 5.97 Å². The summed E-state index contributed by atoms with van der Waals surface area (Å²) in [5.74, 6) is -1.25. The number of carbonyl (C=O) groups is 2. The molecule has 0 aliphatic rings. The Morgan fingerprint density at radius 2 is 1.95 bits per heavy atom. The van der Waals surface area contributed by atoms with Crippen molar-refractivity contribution in [3.63, 3.8) is 0 Å². The molecule has 1 amide bonds. The molecule has 0 aromatic heterocycles. The number of carboxylic acids is 1. The Kier molecular flexibility index (Phi) is 6.23. The number of carboxylic acid groups (broad SMARTS) is 1. The van der Waals surface area contributed by atoms with Gasteiger partial charge in [0.25, 0.3) is 5.91 Å². The highest BCUT2D eigenvalue weighted by Crippen LogP contribution is 2.10. The molecule has 0 atom stereocenters. The van der Waals surface area contributed by atoms with Gasteiger partial charge in [0.1, 0.15) is 6.54 Å². The molecule has 0 aliphatic carbocycles. The molecule has 0 saturated heterocycles. The van der Waals surface area contributed by atoms with Gasteiger partial charge in [-0.15, -0.1) is 0 Å². The minimum absolute atomic E-state index is 0.247. The molecule has 1 aromatic rings. The van der Waals surface area contributed by atoms with Crippen LogP contribution in [0.3, 0.4) is 0 Å². The van der Waals surface area contributed by atoms with E-state index < -0.39 is 5.97 Å². The maximum atomic E-state index is 12.3. The van der Waals surface area contributed by atoms with Gasteiger partial charge in [0.2, 0.25) is 0 Å². The fourth-order valence-electron chi connectivity index (χ4n) is 1.54. The van der Waals surface area contributed by atoms with E-state index in [1.54, 1.807) is 18.2 Å². The lowest BCUT2D eigenvalue weighted by molar-refractivity contribution is -0.137. The van der Waals surface area contributed by atoms with Gasteiger partial charge < -0.3 is 14.9 Å². The van der Waals surface area contributed by atoms with Gasteiger partial charge in [-0.3, -0.25) is 9.59 Å². The Morgan fingerprint density at radius 3 is 2.47 bits per heavy atom. The van der Waals surface area contributed by atoms with Crippen molar-refractivity contribution < 1.29 is 14.7 Å². The molecule has 1 rings (SSSR count). The maximum Gasteiger partial charge on any atom is 0.323 e. The van der Waals surface area contributed by atoms with Gasteiger partial charge in [-0.05, 0) is 54.9 Å². The van der Waals surface area contributed by atoms with Crippen molar-refractivity contribution in [1.29, 1.82) is 0 Å². The number of hydrogen-bond donors (Lipinski definition) is 1. The van der Waals surface area contributed by atoms with Crippen LogP contribution in [0.25, 0.3) is 0 Å². The predicted molar refractivity (Wildman–Crippen MR) is 81.3 cm³/mol. The first-order valence-electron chi connectivity index (χ1n) is 5.81. The van der Waals surface area contributed by atoms with E-state index in [2.05, 4.69) is 22.6 Å². The van der Waals surface area contributed by atoms with E-state index >= 15 is 0 Å².